The monoisotopic (exact) mass is 295 g/mol. The fourth-order valence-electron chi connectivity index (χ4n) is 1.90. The summed E-state index contributed by atoms with van der Waals surface area (Å²) in [6, 6.07) is 5.62. The van der Waals surface area contributed by atoms with Crippen LogP contribution < -0.4 is 15.8 Å². The highest BCUT2D eigenvalue weighted by Gasteiger charge is 2.08. The Labute approximate surface area is 125 Å². The first-order valence-corrected chi connectivity index (χ1v) is 7.16. The van der Waals surface area contributed by atoms with Gasteiger partial charge in [-0.25, -0.2) is 0 Å². The lowest BCUT2D eigenvalue weighted by molar-refractivity contribution is 0.132. The second-order valence-corrected chi connectivity index (χ2v) is 4.66. The molecule has 1 aromatic rings. The third-order valence-corrected chi connectivity index (χ3v) is 2.97. The first-order chi connectivity index (χ1) is 10.2. The van der Waals surface area contributed by atoms with E-state index in [1.54, 1.807) is 7.11 Å². The van der Waals surface area contributed by atoms with Gasteiger partial charge in [-0.3, -0.25) is 0 Å². The van der Waals surface area contributed by atoms with Crippen LogP contribution in [-0.4, -0.2) is 37.9 Å². The molecule has 0 atom stereocenters. The number of nitrogens with zero attached hydrogens (tertiary/aromatic N) is 1. The minimum atomic E-state index is 0.0432. The van der Waals surface area contributed by atoms with E-state index in [2.05, 4.69) is 17.4 Å². The zero-order chi connectivity index (χ0) is 15.5. The van der Waals surface area contributed by atoms with Crippen LogP contribution in [0.3, 0.4) is 0 Å². The quantitative estimate of drug-likeness (QED) is 0.201. The normalized spacial score (nSPS) is 11.6. The smallest absolute Gasteiger partial charge is 0.173 e. The lowest BCUT2D eigenvalue weighted by Crippen LogP contribution is -2.18. The van der Waals surface area contributed by atoms with Crippen molar-refractivity contribution < 1.29 is 14.7 Å². The van der Waals surface area contributed by atoms with Gasteiger partial charge in [-0.2, -0.15) is 0 Å². The van der Waals surface area contributed by atoms with Gasteiger partial charge in [-0.1, -0.05) is 18.1 Å². The molecule has 0 aliphatic rings. The maximum Gasteiger partial charge on any atom is 0.173 e. The third-order valence-electron chi connectivity index (χ3n) is 2.97. The largest absolute Gasteiger partial charge is 0.496 e. The summed E-state index contributed by atoms with van der Waals surface area (Å²) in [5.41, 5.74) is 7.28. The van der Waals surface area contributed by atoms with E-state index >= 15 is 0 Å². The number of hydrogen-bond donors (Lipinski definition) is 3. The second-order valence-electron chi connectivity index (χ2n) is 4.66. The van der Waals surface area contributed by atoms with Gasteiger partial charge >= 0.3 is 0 Å². The van der Waals surface area contributed by atoms with Crippen molar-refractivity contribution in [3.8, 4) is 5.75 Å². The number of methoxy groups -OCH3 is 1. The van der Waals surface area contributed by atoms with Gasteiger partial charge in [0.05, 0.1) is 12.7 Å². The van der Waals surface area contributed by atoms with E-state index in [-0.39, 0.29) is 5.84 Å². The summed E-state index contributed by atoms with van der Waals surface area (Å²) in [5, 5.41) is 15.2. The Balaban J connectivity index is 2.45. The van der Waals surface area contributed by atoms with Crippen molar-refractivity contribution >= 4 is 5.84 Å². The average Bonchev–Trinajstić information content (AvgIpc) is 2.53. The second kappa shape index (κ2) is 10.0. The van der Waals surface area contributed by atoms with E-state index in [1.807, 2.05) is 18.2 Å². The number of rotatable bonds is 10. The van der Waals surface area contributed by atoms with E-state index < -0.39 is 0 Å². The Bertz CT molecular complexity index is 450. The highest BCUT2D eigenvalue weighted by atomic mass is 16.5. The topological polar surface area (TPSA) is 89.1 Å². The van der Waals surface area contributed by atoms with Crippen LogP contribution in [0.1, 0.15) is 30.9 Å². The van der Waals surface area contributed by atoms with Gasteiger partial charge in [0, 0.05) is 19.8 Å². The molecule has 1 aromatic carbocycles. The molecule has 21 heavy (non-hydrogen) atoms. The summed E-state index contributed by atoms with van der Waals surface area (Å²) in [4.78, 5) is 0. The van der Waals surface area contributed by atoms with Gasteiger partial charge in [0.25, 0.3) is 0 Å². The number of benzene rings is 1. The molecule has 4 N–H and O–H groups in total. The zero-order valence-electron chi connectivity index (χ0n) is 12.8. The first kappa shape index (κ1) is 17.3. The molecule has 0 radical (unpaired) electrons. The third kappa shape index (κ3) is 6.01. The van der Waals surface area contributed by atoms with Crippen molar-refractivity contribution in [3.05, 3.63) is 29.3 Å². The van der Waals surface area contributed by atoms with Crippen molar-refractivity contribution in [2.24, 2.45) is 10.9 Å². The molecule has 0 saturated heterocycles. The summed E-state index contributed by atoms with van der Waals surface area (Å²) in [6.07, 6.45) is 2.03. The molecule has 0 aliphatic carbocycles. The van der Waals surface area contributed by atoms with E-state index in [0.29, 0.717) is 17.9 Å². The average molecular weight is 295 g/mol. The maximum absolute atomic E-state index is 8.79. The number of nitrogens with two attached hydrogens (primary N) is 1. The van der Waals surface area contributed by atoms with Gasteiger partial charge in [-0.05, 0) is 37.1 Å². The van der Waals surface area contributed by atoms with Gasteiger partial charge in [-0.15, -0.1) is 0 Å². The van der Waals surface area contributed by atoms with Gasteiger partial charge in [0.1, 0.15) is 5.75 Å². The van der Waals surface area contributed by atoms with E-state index in [0.717, 1.165) is 38.2 Å². The van der Waals surface area contributed by atoms with E-state index in [9.17, 15) is 0 Å². The molecular weight excluding hydrogens is 270 g/mol. The van der Waals surface area contributed by atoms with Crippen molar-refractivity contribution in [2.75, 3.05) is 26.9 Å². The van der Waals surface area contributed by atoms with Gasteiger partial charge < -0.3 is 25.7 Å². The Morgan fingerprint density at radius 1 is 1.38 bits per heavy atom. The van der Waals surface area contributed by atoms with Crippen molar-refractivity contribution in [1.29, 1.82) is 0 Å². The zero-order valence-corrected chi connectivity index (χ0v) is 12.8. The Morgan fingerprint density at radius 2 is 2.19 bits per heavy atom. The number of nitrogens with one attached hydrogen (secondary N) is 1. The van der Waals surface area contributed by atoms with Crippen LogP contribution in [0.5, 0.6) is 5.75 Å². The molecule has 1 rings (SSSR count). The summed E-state index contributed by atoms with van der Waals surface area (Å²) in [6.45, 7) is 5.29. The Kier molecular flexibility index (Phi) is 8.23. The van der Waals surface area contributed by atoms with E-state index in [1.165, 1.54) is 0 Å². The number of ether oxygens (including phenoxy) is 2. The molecule has 0 unspecified atom stereocenters. The van der Waals surface area contributed by atoms with Crippen LogP contribution in [0.2, 0.25) is 0 Å². The van der Waals surface area contributed by atoms with Gasteiger partial charge in [0.15, 0.2) is 5.84 Å². The minimum absolute atomic E-state index is 0.0432. The van der Waals surface area contributed by atoms with Crippen LogP contribution in [0.15, 0.2) is 23.4 Å². The summed E-state index contributed by atoms with van der Waals surface area (Å²) in [5.74, 6) is 0.628. The predicted octanol–water partition coefficient (Wildman–Crippen LogP) is 1.70. The Morgan fingerprint density at radius 3 is 2.86 bits per heavy atom. The molecule has 0 amide bonds. The SMILES string of the molecule is CCCOCCCNCc1ccc(OC)c(/C(N)=N/O)c1. The lowest BCUT2D eigenvalue weighted by Gasteiger charge is -2.10. The standard InChI is InChI=1S/C15H25N3O3/c1-3-8-21-9-4-7-17-11-12-5-6-14(20-2)13(10-12)15(16)18-19/h5-6,10,17,19H,3-4,7-9,11H2,1-2H3,(H2,16,18). The Hall–Kier alpha value is -1.79. The molecule has 0 aliphatic heterocycles. The molecule has 0 fully saturated rings. The molecule has 6 heteroatoms. The molecule has 6 nitrogen and oxygen atoms in total. The van der Waals surface area contributed by atoms with Crippen LogP contribution in [-0.2, 0) is 11.3 Å². The first-order valence-electron chi connectivity index (χ1n) is 7.16. The van der Waals surface area contributed by atoms with Crippen LogP contribution >= 0.6 is 0 Å². The number of oxime groups is 1. The molecule has 0 spiro atoms. The fraction of sp³-hybridized carbons (Fsp3) is 0.533. The van der Waals surface area contributed by atoms with Crippen LogP contribution in [0.4, 0.5) is 0 Å². The fourth-order valence-corrected chi connectivity index (χ4v) is 1.90. The van der Waals surface area contributed by atoms with E-state index in [4.69, 9.17) is 20.4 Å². The molecular formula is C15H25N3O3. The molecule has 0 aromatic heterocycles. The van der Waals surface area contributed by atoms with Crippen LogP contribution in [0, 0.1) is 0 Å². The molecule has 118 valence electrons. The molecule has 0 bridgehead atoms. The predicted molar refractivity (Wildman–Crippen MR) is 82.9 cm³/mol. The summed E-state index contributed by atoms with van der Waals surface area (Å²) >= 11 is 0. The summed E-state index contributed by atoms with van der Waals surface area (Å²) < 4.78 is 10.6. The highest BCUT2D eigenvalue weighted by Crippen LogP contribution is 2.19. The highest BCUT2D eigenvalue weighted by molar-refractivity contribution is 5.99. The summed E-state index contributed by atoms with van der Waals surface area (Å²) in [7, 11) is 1.55. The lowest BCUT2D eigenvalue weighted by atomic mass is 10.1. The molecule has 0 heterocycles. The number of amidine groups is 1. The number of hydrogen-bond acceptors (Lipinski definition) is 5. The minimum Gasteiger partial charge on any atom is -0.496 e. The van der Waals surface area contributed by atoms with Crippen molar-refractivity contribution in [3.63, 3.8) is 0 Å². The van der Waals surface area contributed by atoms with Gasteiger partial charge in [0.2, 0.25) is 0 Å². The van der Waals surface area contributed by atoms with Crippen molar-refractivity contribution in [2.45, 2.75) is 26.3 Å². The molecule has 0 saturated carbocycles. The maximum atomic E-state index is 8.79. The van der Waals surface area contributed by atoms with Crippen molar-refractivity contribution in [1.82, 2.24) is 5.32 Å². The van der Waals surface area contributed by atoms with Crippen LogP contribution in [0.25, 0.3) is 0 Å².